The zero-order valence-corrected chi connectivity index (χ0v) is 13.8. The summed E-state index contributed by atoms with van der Waals surface area (Å²) < 4.78 is 0. The Kier molecular flexibility index (Phi) is 15.9. The third kappa shape index (κ3) is 15.9. The van der Waals surface area contributed by atoms with E-state index >= 15 is 0 Å². The minimum absolute atomic E-state index is 0.610. The van der Waals surface area contributed by atoms with Crippen molar-refractivity contribution in [1.29, 1.82) is 0 Å². The SMILES string of the molecule is CCCCCCCCCCCCNC(C)CNCC. The zero-order valence-electron chi connectivity index (χ0n) is 13.8. The van der Waals surface area contributed by atoms with Crippen LogP contribution in [0.1, 0.15) is 85.0 Å². The molecule has 0 aromatic rings. The summed E-state index contributed by atoms with van der Waals surface area (Å²) in [6.07, 6.45) is 14.2. The maximum atomic E-state index is 3.58. The highest BCUT2D eigenvalue weighted by Crippen LogP contribution is 2.10. The molecule has 0 aromatic heterocycles. The van der Waals surface area contributed by atoms with Gasteiger partial charge in [0.2, 0.25) is 0 Å². The molecule has 116 valence electrons. The highest BCUT2D eigenvalue weighted by Gasteiger charge is 1.98. The Morgan fingerprint density at radius 1 is 0.737 bits per heavy atom. The van der Waals surface area contributed by atoms with Crippen LogP contribution in [0, 0.1) is 0 Å². The maximum Gasteiger partial charge on any atom is 0.0164 e. The van der Waals surface area contributed by atoms with Crippen LogP contribution in [0.2, 0.25) is 0 Å². The van der Waals surface area contributed by atoms with Crippen LogP contribution in [0.3, 0.4) is 0 Å². The molecule has 2 N–H and O–H groups in total. The van der Waals surface area contributed by atoms with Gasteiger partial charge in [-0.2, -0.15) is 0 Å². The van der Waals surface area contributed by atoms with Crippen molar-refractivity contribution in [2.24, 2.45) is 0 Å². The van der Waals surface area contributed by atoms with E-state index in [1.54, 1.807) is 0 Å². The van der Waals surface area contributed by atoms with Gasteiger partial charge >= 0.3 is 0 Å². The Labute approximate surface area is 122 Å². The first-order valence-corrected chi connectivity index (χ1v) is 8.75. The Morgan fingerprint density at radius 2 is 1.26 bits per heavy atom. The molecule has 0 aromatic carbocycles. The summed E-state index contributed by atoms with van der Waals surface area (Å²) in [4.78, 5) is 0. The van der Waals surface area contributed by atoms with Gasteiger partial charge in [0.1, 0.15) is 0 Å². The van der Waals surface area contributed by atoms with E-state index in [-0.39, 0.29) is 0 Å². The van der Waals surface area contributed by atoms with Crippen molar-refractivity contribution < 1.29 is 0 Å². The molecule has 2 nitrogen and oxygen atoms in total. The van der Waals surface area contributed by atoms with Crippen LogP contribution in [0.5, 0.6) is 0 Å². The van der Waals surface area contributed by atoms with Crippen LogP contribution >= 0.6 is 0 Å². The summed E-state index contributed by atoms with van der Waals surface area (Å²) in [5.41, 5.74) is 0. The van der Waals surface area contributed by atoms with E-state index in [0.29, 0.717) is 6.04 Å². The van der Waals surface area contributed by atoms with Crippen molar-refractivity contribution >= 4 is 0 Å². The quantitative estimate of drug-likeness (QED) is 0.428. The predicted molar refractivity (Wildman–Crippen MR) is 87.9 cm³/mol. The number of hydrogen-bond donors (Lipinski definition) is 2. The van der Waals surface area contributed by atoms with Crippen LogP contribution < -0.4 is 10.6 Å². The molecular formula is C17H38N2. The number of hydrogen-bond acceptors (Lipinski definition) is 2. The molecule has 0 fully saturated rings. The molecule has 0 radical (unpaired) electrons. The standard InChI is InChI=1S/C17H38N2/c1-4-6-7-8-9-10-11-12-13-14-15-19-17(3)16-18-5-2/h17-19H,4-16H2,1-3H3. The van der Waals surface area contributed by atoms with Gasteiger partial charge in [-0.1, -0.05) is 71.6 Å². The number of nitrogens with one attached hydrogen (secondary N) is 2. The van der Waals surface area contributed by atoms with Gasteiger partial charge in [-0.3, -0.25) is 0 Å². The van der Waals surface area contributed by atoms with E-state index < -0.39 is 0 Å². The van der Waals surface area contributed by atoms with Gasteiger partial charge < -0.3 is 10.6 Å². The molecule has 1 atom stereocenters. The molecule has 0 saturated carbocycles. The molecule has 0 aliphatic heterocycles. The molecule has 0 rings (SSSR count). The summed E-state index contributed by atoms with van der Waals surface area (Å²) in [6.45, 7) is 10.1. The van der Waals surface area contributed by atoms with Crippen molar-refractivity contribution in [3.63, 3.8) is 0 Å². The van der Waals surface area contributed by atoms with Gasteiger partial charge in [0, 0.05) is 12.6 Å². The fourth-order valence-corrected chi connectivity index (χ4v) is 2.39. The summed E-state index contributed by atoms with van der Waals surface area (Å²) >= 11 is 0. The molecule has 1 unspecified atom stereocenters. The molecule has 0 heterocycles. The largest absolute Gasteiger partial charge is 0.315 e. The molecule has 0 spiro atoms. The van der Waals surface area contributed by atoms with E-state index in [2.05, 4.69) is 31.4 Å². The molecule has 0 saturated heterocycles. The van der Waals surface area contributed by atoms with Gasteiger partial charge in [0.05, 0.1) is 0 Å². The second-order valence-corrected chi connectivity index (χ2v) is 5.84. The first-order valence-electron chi connectivity index (χ1n) is 8.75. The minimum atomic E-state index is 0.610. The van der Waals surface area contributed by atoms with Gasteiger partial charge in [-0.25, -0.2) is 0 Å². The Bertz CT molecular complexity index is 159. The third-order valence-electron chi connectivity index (χ3n) is 3.72. The molecule has 0 bridgehead atoms. The van der Waals surface area contributed by atoms with E-state index in [0.717, 1.165) is 13.1 Å². The van der Waals surface area contributed by atoms with Crippen LogP contribution in [0.4, 0.5) is 0 Å². The van der Waals surface area contributed by atoms with Gasteiger partial charge in [0.15, 0.2) is 0 Å². The molecule has 0 amide bonds. The Morgan fingerprint density at radius 3 is 1.79 bits per heavy atom. The Hall–Kier alpha value is -0.0800. The second-order valence-electron chi connectivity index (χ2n) is 5.84. The first kappa shape index (κ1) is 18.9. The van der Waals surface area contributed by atoms with Crippen LogP contribution in [0.15, 0.2) is 0 Å². The lowest BCUT2D eigenvalue weighted by Crippen LogP contribution is -2.36. The maximum absolute atomic E-state index is 3.58. The van der Waals surface area contributed by atoms with E-state index in [1.807, 2.05) is 0 Å². The van der Waals surface area contributed by atoms with Crippen molar-refractivity contribution in [3.05, 3.63) is 0 Å². The van der Waals surface area contributed by atoms with Crippen molar-refractivity contribution in [2.75, 3.05) is 19.6 Å². The first-order chi connectivity index (χ1) is 9.31. The molecular weight excluding hydrogens is 232 g/mol. The van der Waals surface area contributed by atoms with E-state index in [9.17, 15) is 0 Å². The summed E-state index contributed by atoms with van der Waals surface area (Å²) in [6, 6.07) is 0.610. The van der Waals surface area contributed by atoms with Crippen LogP contribution in [0.25, 0.3) is 0 Å². The summed E-state index contributed by atoms with van der Waals surface area (Å²) in [5.74, 6) is 0. The van der Waals surface area contributed by atoms with Crippen molar-refractivity contribution in [3.8, 4) is 0 Å². The number of unbranched alkanes of at least 4 members (excludes halogenated alkanes) is 9. The van der Waals surface area contributed by atoms with Crippen LogP contribution in [-0.4, -0.2) is 25.7 Å². The van der Waals surface area contributed by atoms with Gasteiger partial charge in [0.25, 0.3) is 0 Å². The molecule has 2 heteroatoms. The lowest BCUT2D eigenvalue weighted by molar-refractivity contribution is 0.486. The van der Waals surface area contributed by atoms with E-state index in [1.165, 1.54) is 70.8 Å². The summed E-state index contributed by atoms with van der Waals surface area (Å²) in [5, 5.41) is 6.96. The van der Waals surface area contributed by atoms with Crippen molar-refractivity contribution in [1.82, 2.24) is 10.6 Å². The van der Waals surface area contributed by atoms with Crippen LogP contribution in [-0.2, 0) is 0 Å². The highest BCUT2D eigenvalue weighted by atomic mass is 15.0. The highest BCUT2D eigenvalue weighted by molar-refractivity contribution is 4.62. The number of rotatable bonds is 15. The Balaban J connectivity index is 3.02. The van der Waals surface area contributed by atoms with Crippen molar-refractivity contribution in [2.45, 2.75) is 91.0 Å². The minimum Gasteiger partial charge on any atom is -0.315 e. The second kappa shape index (κ2) is 16.0. The zero-order chi connectivity index (χ0) is 14.2. The summed E-state index contributed by atoms with van der Waals surface area (Å²) in [7, 11) is 0. The topological polar surface area (TPSA) is 24.1 Å². The normalized spacial score (nSPS) is 12.8. The van der Waals surface area contributed by atoms with Gasteiger partial charge in [-0.05, 0) is 26.4 Å². The molecule has 0 aliphatic carbocycles. The predicted octanol–water partition coefficient (Wildman–Crippen LogP) is 4.49. The molecule has 0 aliphatic rings. The average Bonchev–Trinajstić information content (AvgIpc) is 2.42. The molecule has 19 heavy (non-hydrogen) atoms. The average molecular weight is 271 g/mol. The smallest absolute Gasteiger partial charge is 0.0164 e. The lowest BCUT2D eigenvalue weighted by Gasteiger charge is -2.13. The monoisotopic (exact) mass is 270 g/mol. The van der Waals surface area contributed by atoms with E-state index in [4.69, 9.17) is 0 Å². The third-order valence-corrected chi connectivity index (χ3v) is 3.72. The fourth-order valence-electron chi connectivity index (χ4n) is 2.39. The fraction of sp³-hybridized carbons (Fsp3) is 1.00. The van der Waals surface area contributed by atoms with Gasteiger partial charge in [-0.15, -0.1) is 0 Å². The number of likely N-dealkylation sites (N-methyl/N-ethyl adjacent to an activating group) is 1. The lowest BCUT2D eigenvalue weighted by atomic mass is 10.1.